The lowest BCUT2D eigenvalue weighted by atomic mass is 10.3. The molecule has 0 radical (unpaired) electrons. The summed E-state index contributed by atoms with van der Waals surface area (Å²) in [4.78, 5) is 0. The van der Waals surface area contributed by atoms with Gasteiger partial charge in [-0.15, -0.1) is 0 Å². The third-order valence-electron chi connectivity index (χ3n) is 1.14. The number of aliphatic hydroxyl groups is 1. The lowest BCUT2D eigenvalue weighted by Gasteiger charge is -2.01. The number of hydrogen-bond acceptors (Lipinski definition) is 2. The molecule has 0 bridgehead atoms. The summed E-state index contributed by atoms with van der Waals surface area (Å²) in [6, 6.07) is 6.18. The lowest BCUT2D eigenvalue weighted by Crippen LogP contribution is -2.00. The highest BCUT2D eigenvalue weighted by molar-refractivity contribution is 5.43. The van der Waals surface area contributed by atoms with Gasteiger partial charge in [0.2, 0.25) is 0 Å². The van der Waals surface area contributed by atoms with Crippen molar-refractivity contribution in [2.45, 2.75) is 0 Å². The molecule has 0 spiro atoms. The van der Waals surface area contributed by atoms with Crippen LogP contribution in [0.2, 0.25) is 0 Å². The van der Waals surface area contributed by atoms with E-state index < -0.39 is 0 Å². The van der Waals surface area contributed by atoms with Gasteiger partial charge in [0.1, 0.15) is 12.5 Å². The number of anilines is 1. The van der Waals surface area contributed by atoms with E-state index in [-0.39, 0.29) is 12.5 Å². The highest BCUT2D eigenvalue weighted by Gasteiger charge is 1.95. The quantitative estimate of drug-likeness (QED) is 0.606. The normalized spacial score (nSPS) is 9.40. The summed E-state index contributed by atoms with van der Waals surface area (Å²) >= 11 is 0. The second kappa shape index (κ2) is 3.17. The first-order valence-corrected chi connectivity index (χ1v) is 2.94. The zero-order valence-corrected chi connectivity index (χ0v) is 5.34. The maximum atomic E-state index is 12.6. The maximum absolute atomic E-state index is 12.6. The Kier molecular flexibility index (Phi) is 2.23. The number of halogens is 1. The molecular formula is C7H8FNO. The van der Waals surface area contributed by atoms with E-state index in [1.54, 1.807) is 18.2 Å². The topological polar surface area (TPSA) is 32.3 Å². The van der Waals surface area contributed by atoms with Gasteiger partial charge in [0.15, 0.2) is 0 Å². The molecule has 0 heterocycles. The summed E-state index contributed by atoms with van der Waals surface area (Å²) in [6.45, 7) is -0.249. The predicted molar refractivity (Wildman–Crippen MR) is 37.1 cm³/mol. The van der Waals surface area contributed by atoms with Gasteiger partial charge in [-0.2, -0.15) is 0 Å². The fraction of sp³-hybridized carbons (Fsp3) is 0.143. The zero-order chi connectivity index (χ0) is 7.40. The van der Waals surface area contributed by atoms with Gasteiger partial charge in [-0.1, -0.05) is 12.1 Å². The van der Waals surface area contributed by atoms with Crippen molar-refractivity contribution in [3.63, 3.8) is 0 Å². The number of para-hydroxylation sites is 1. The van der Waals surface area contributed by atoms with Crippen LogP contribution in [0.15, 0.2) is 24.3 Å². The fourth-order valence-electron chi connectivity index (χ4n) is 0.690. The Morgan fingerprint density at radius 2 is 2.10 bits per heavy atom. The third kappa shape index (κ3) is 1.45. The summed E-state index contributed by atoms with van der Waals surface area (Å²) in [7, 11) is 0. The van der Waals surface area contributed by atoms with Crippen LogP contribution in [-0.2, 0) is 0 Å². The largest absolute Gasteiger partial charge is 0.377 e. The minimum Gasteiger partial charge on any atom is -0.377 e. The van der Waals surface area contributed by atoms with Crippen LogP contribution in [0.4, 0.5) is 10.1 Å². The Labute approximate surface area is 58.3 Å². The first-order valence-electron chi connectivity index (χ1n) is 2.94. The van der Waals surface area contributed by atoms with E-state index in [1.807, 2.05) is 0 Å². The fourth-order valence-corrected chi connectivity index (χ4v) is 0.690. The molecule has 0 amide bonds. The van der Waals surface area contributed by atoms with Gasteiger partial charge >= 0.3 is 0 Å². The zero-order valence-electron chi connectivity index (χ0n) is 5.34. The molecule has 1 rings (SSSR count). The van der Waals surface area contributed by atoms with Crippen molar-refractivity contribution in [3.8, 4) is 0 Å². The van der Waals surface area contributed by atoms with Gasteiger partial charge in [-0.3, -0.25) is 0 Å². The predicted octanol–water partition coefficient (Wildman–Crippen LogP) is 1.19. The molecule has 2 nitrogen and oxygen atoms in total. The van der Waals surface area contributed by atoms with Crippen molar-refractivity contribution in [2.24, 2.45) is 0 Å². The number of aliphatic hydroxyl groups excluding tert-OH is 1. The van der Waals surface area contributed by atoms with E-state index in [4.69, 9.17) is 5.11 Å². The summed E-state index contributed by atoms with van der Waals surface area (Å²) in [6.07, 6.45) is 0. The van der Waals surface area contributed by atoms with Crippen LogP contribution >= 0.6 is 0 Å². The number of nitrogens with one attached hydrogen (secondary N) is 1. The highest BCUT2D eigenvalue weighted by Crippen LogP contribution is 2.10. The second-order valence-electron chi connectivity index (χ2n) is 1.81. The van der Waals surface area contributed by atoms with Crippen LogP contribution in [0.5, 0.6) is 0 Å². The van der Waals surface area contributed by atoms with Crippen molar-refractivity contribution in [2.75, 3.05) is 12.0 Å². The second-order valence-corrected chi connectivity index (χ2v) is 1.81. The van der Waals surface area contributed by atoms with Crippen LogP contribution in [0.25, 0.3) is 0 Å². The lowest BCUT2D eigenvalue weighted by molar-refractivity contribution is 0.325. The van der Waals surface area contributed by atoms with Crippen LogP contribution in [-0.4, -0.2) is 11.8 Å². The van der Waals surface area contributed by atoms with Gasteiger partial charge in [-0.25, -0.2) is 4.39 Å². The first kappa shape index (κ1) is 7.02. The molecule has 0 aliphatic rings. The Hall–Kier alpha value is -1.09. The smallest absolute Gasteiger partial charge is 0.146 e. The van der Waals surface area contributed by atoms with Gasteiger partial charge in [-0.05, 0) is 12.1 Å². The van der Waals surface area contributed by atoms with Crippen molar-refractivity contribution in [1.29, 1.82) is 0 Å². The Balaban J connectivity index is 2.81. The minimum absolute atomic E-state index is 0.249. The molecule has 10 heavy (non-hydrogen) atoms. The van der Waals surface area contributed by atoms with Crippen molar-refractivity contribution >= 4 is 5.69 Å². The summed E-state index contributed by atoms with van der Waals surface area (Å²) in [5.74, 6) is -0.350. The summed E-state index contributed by atoms with van der Waals surface area (Å²) in [5.41, 5.74) is 0.324. The van der Waals surface area contributed by atoms with Crippen LogP contribution in [0.1, 0.15) is 0 Å². The monoisotopic (exact) mass is 141 g/mol. The molecule has 54 valence electrons. The van der Waals surface area contributed by atoms with Crippen molar-refractivity contribution in [1.82, 2.24) is 0 Å². The molecule has 1 aromatic rings. The standard InChI is InChI=1S/C7H8FNO/c8-6-3-1-2-4-7(6)9-5-10/h1-4,9-10H,5H2. The highest BCUT2D eigenvalue weighted by atomic mass is 19.1. The molecule has 1 aromatic carbocycles. The molecule has 0 atom stereocenters. The average Bonchev–Trinajstić information content (AvgIpc) is 1.94. The Morgan fingerprint density at radius 1 is 1.40 bits per heavy atom. The molecule has 0 saturated heterocycles. The molecule has 0 aliphatic carbocycles. The molecule has 0 aliphatic heterocycles. The molecule has 0 unspecified atom stereocenters. The molecule has 0 aromatic heterocycles. The van der Waals surface area contributed by atoms with E-state index >= 15 is 0 Å². The minimum atomic E-state index is -0.350. The first-order chi connectivity index (χ1) is 4.84. The molecule has 0 saturated carbocycles. The Bertz CT molecular complexity index is 215. The number of rotatable bonds is 2. The third-order valence-corrected chi connectivity index (χ3v) is 1.14. The molecule has 2 N–H and O–H groups in total. The van der Waals surface area contributed by atoms with Gasteiger partial charge in [0.05, 0.1) is 5.69 Å². The Morgan fingerprint density at radius 3 is 2.70 bits per heavy atom. The van der Waals surface area contributed by atoms with E-state index in [2.05, 4.69) is 5.32 Å². The molecule has 3 heteroatoms. The SMILES string of the molecule is OCNc1ccccc1F. The van der Waals surface area contributed by atoms with Crippen LogP contribution < -0.4 is 5.32 Å². The van der Waals surface area contributed by atoms with E-state index in [1.165, 1.54) is 6.07 Å². The molecule has 0 fully saturated rings. The summed E-state index contributed by atoms with van der Waals surface area (Å²) in [5, 5.41) is 10.8. The van der Waals surface area contributed by atoms with E-state index in [9.17, 15) is 4.39 Å². The molecular weight excluding hydrogens is 133 g/mol. The summed E-state index contributed by atoms with van der Waals surface area (Å²) < 4.78 is 12.6. The number of benzene rings is 1. The number of hydrogen-bond donors (Lipinski definition) is 2. The average molecular weight is 141 g/mol. The van der Waals surface area contributed by atoms with Gasteiger partial charge in [0.25, 0.3) is 0 Å². The maximum Gasteiger partial charge on any atom is 0.146 e. The van der Waals surface area contributed by atoms with Gasteiger partial charge in [0, 0.05) is 0 Å². The van der Waals surface area contributed by atoms with Gasteiger partial charge < -0.3 is 10.4 Å². The van der Waals surface area contributed by atoms with Crippen molar-refractivity contribution < 1.29 is 9.50 Å². The van der Waals surface area contributed by atoms with Crippen LogP contribution in [0.3, 0.4) is 0 Å². The van der Waals surface area contributed by atoms with E-state index in [0.717, 1.165) is 0 Å². The van der Waals surface area contributed by atoms with Crippen LogP contribution in [0, 0.1) is 5.82 Å². The van der Waals surface area contributed by atoms with Crippen molar-refractivity contribution in [3.05, 3.63) is 30.1 Å². The van der Waals surface area contributed by atoms with E-state index in [0.29, 0.717) is 5.69 Å².